The molecular weight excluding hydrogens is 786 g/mol. The van der Waals surface area contributed by atoms with Gasteiger partial charge in [-0.1, -0.05) is 36.4 Å². The minimum Gasteiger partial charge on any atom is -0.370 e. The van der Waals surface area contributed by atoms with Crippen molar-refractivity contribution < 1.29 is 41.6 Å². The van der Waals surface area contributed by atoms with Gasteiger partial charge in [0.05, 0.1) is 29.0 Å². The number of carbonyl (C=O) groups excluding carboxylic acids is 4. The molecule has 2 aliphatic rings. The van der Waals surface area contributed by atoms with E-state index < -0.39 is 54.7 Å². The van der Waals surface area contributed by atoms with E-state index in [1.54, 1.807) is 11.1 Å². The number of fused-ring (bicyclic) bond motifs is 2. The van der Waals surface area contributed by atoms with E-state index in [0.717, 1.165) is 33.9 Å². The van der Waals surface area contributed by atoms with E-state index in [1.165, 1.54) is 37.3 Å². The van der Waals surface area contributed by atoms with Crippen LogP contribution in [0.25, 0.3) is 20.5 Å². The molecule has 4 amide bonds. The van der Waals surface area contributed by atoms with Crippen LogP contribution in [0.1, 0.15) is 78.7 Å². The summed E-state index contributed by atoms with van der Waals surface area (Å²) >= 11 is 2.50. The van der Waals surface area contributed by atoms with Crippen LogP contribution in [0.3, 0.4) is 0 Å². The van der Waals surface area contributed by atoms with Gasteiger partial charge in [-0.2, -0.15) is 8.78 Å². The maximum absolute atomic E-state index is 15.5. The molecule has 0 bridgehead atoms. The van der Waals surface area contributed by atoms with Crippen LogP contribution in [0.15, 0.2) is 60.8 Å². The fourth-order valence-electron chi connectivity index (χ4n) is 7.11. The van der Waals surface area contributed by atoms with Crippen molar-refractivity contribution in [1.82, 2.24) is 25.8 Å². The molecule has 300 valence electrons. The molecule has 0 aliphatic carbocycles. The number of rotatable bonds is 16. The Morgan fingerprint density at radius 3 is 2.54 bits per heavy atom. The van der Waals surface area contributed by atoms with Gasteiger partial charge in [0.2, 0.25) is 17.7 Å². The lowest BCUT2D eigenvalue weighted by Gasteiger charge is -2.35. The van der Waals surface area contributed by atoms with Crippen molar-refractivity contribution in [3.05, 3.63) is 76.2 Å². The molecule has 2 aromatic heterocycles. The van der Waals surface area contributed by atoms with Crippen molar-refractivity contribution >= 4 is 64.0 Å². The van der Waals surface area contributed by atoms with Gasteiger partial charge in [0.1, 0.15) is 17.1 Å². The number of amides is 4. The Morgan fingerprint density at radius 2 is 1.82 bits per heavy atom. The third kappa shape index (κ3) is 9.03. The second-order valence-corrected chi connectivity index (χ2v) is 17.8. The first-order chi connectivity index (χ1) is 26.8. The summed E-state index contributed by atoms with van der Waals surface area (Å²) in [5.74, 6) is -1.79. The molecule has 4 heterocycles. The Labute approximate surface area is 331 Å². The van der Waals surface area contributed by atoms with Gasteiger partial charge < -0.3 is 35.6 Å². The third-order valence-electron chi connectivity index (χ3n) is 9.81. The van der Waals surface area contributed by atoms with Crippen LogP contribution in [0, 0.1) is 0 Å². The highest BCUT2D eigenvalue weighted by atomic mass is 32.1. The number of thiazole rings is 1. The van der Waals surface area contributed by atoms with Crippen LogP contribution in [0.2, 0.25) is 0 Å². The Morgan fingerprint density at radius 1 is 1.07 bits per heavy atom. The molecule has 4 atom stereocenters. The van der Waals surface area contributed by atoms with Gasteiger partial charge in [-0.3, -0.25) is 23.7 Å². The molecule has 2 fully saturated rings. The smallest absolute Gasteiger partial charge is 0.370 e. The monoisotopic (exact) mass is 830 g/mol. The molecule has 2 aromatic carbocycles. The molecule has 0 radical (unpaired) electrons. The fourth-order valence-corrected chi connectivity index (χ4v) is 10.6. The summed E-state index contributed by atoms with van der Waals surface area (Å²) in [4.78, 5) is 60.8. The number of nitrogens with two attached hydrogens (primary N) is 1. The number of hydrogen-bond acceptors (Lipinski definition) is 11. The summed E-state index contributed by atoms with van der Waals surface area (Å²) in [6.45, 7) is 3.09. The number of nitrogens with one attached hydrogen (secondary N) is 3. The van der Waals surface area contributed by atoms with Crippen molar-refractivity contribution in [2.24, 2.45) is 5.73 Å². The molecule has 0 unspecified atom stereocenters. The molecule has 0 spiro atoms. The van der Waals surface area contributed by atoms with Crippen LogP contribution in [0.5, 0.6) is 0 Å². The second-order valence-electron chi connectivity index (χ2n) is 13.6. The summed E-state index contributed by atoms with van der Waals surface area (Å²) in [5.41, 5.74) is 1.87. The summed E-state index contributed by atoms with van der Waals surface area (Å²) < 4.78 is 54.4. The summed E-state index contributed by atoms with van der Waals surface area (Å²) in [7, 11) is -4.84. The largest absolute Gasteiger partial charge is 0.404 e. The van der Waals surface area contributed by atoms with E-state index in [-0.39, 0.29) is 43.0 Å². The van der Waals surface area contributed by atoms with E-state index >= 15 is 8.78 Å². The lowest BCUT2D eigenvalue weighted by atomic mass is 10.1. The van der Waals surface area contributed by atoms with Crippen molar-refractivity contribution in [1.29, 1.82) is 0 Å². The Kier molecular flexibility index (Phi) is 13.3. The number of nitrogens with zero attached hydrogens (tertiary/aromatic N) is 2. The van der Waals surface area contributed by atoms with Gasteiger partial charge in [-0.05, 0) is 81.6 Å². The quantitative estimate of drug-likeness (QED) is 0.0942. The first-order valence-corrected chi connectivity index (χ1v) is 21.8. The minimum absolute atomic E-state index is 0.116. The first-order valence-electron chi connectivity index (χ1n) is 18.6. The van der Waals surface area contributed by atoms with Crippen LogP contribution >= 0.6 is 30.3 Å². The molecule has 5 N–H and O–H groups in total. The van der Waals surface area contributed by atoms with Gasteiger partial charge in [0, 0.05) is 35.5 Å². The predicted molar refractivity (Wildman–Crippen MR) is 210 cm³/mol. The highest BCUT2D eigenvalue weighted by Crippen LogP contribution is 2.67. The average molecular weight is 831 g/mol. The highest BCUT2D eigenvalue weighted by molar-refractivity contribution is 7.54. The Balaban J connectivity index is 1.18. The van der Waals surface area contributed by atoms with E-state index in [2.05, 4.69) is 20.9 Å². The maximum atomic E-state index is 15.5. The number of primary amides is 1. The molecule has 6 rings (SSSR count). The summed E-state index contributed by atoms with van der Waals surface area (Å²) in [6, 6.07) is 12.3. The number of alkyl halides is 2. The molecule has 2 aliphatic heterocycles. The molecule has 56 heavy (non-hydrogen) atoms. The lowest BCUT2D eigenvalue weighted by Crippen LogP contribution is -2.60. The highest BCUT2D eigenvalue weighted by Gasteiger charge is 2.55. The molecular formula is C38H45F2N6O7PS2. The number of carbonyl (C=O) groups is 4. The van der Waals surface area contributed by atoms with Crippen LogP contribution in [0.4, 0.5) is 8.78 Å². The third-order valence-corrected chi connectivity index (χ3v) is 14.2. The summed E-state index contributed by atoms with van der Waals surface area (Å²) in [5, 5.41) is 10.1. The molecule has 13 nitrogen and oxygen atoms in total. The van der Waals surface area contributed by atoms with E-state index in [1.807, 2.05) is 30.3 Å². The van der Waals surface area contributed by atoms with Crippen molar-refractivity contribution in [3.63, 3.8) is 0 Å². The molecule has 4 aromatic rings. The fraction of sp³-hybridized carbons (Fsp3) is 0.447. The Bertz CT molecular complexity index is 2090. The molecule has 2 saturated heterocycles. The van der Waals surface area contributed by atoms with Gasteiger partial charge in [-0.25, -0.2) is 4.98 Å². The van der Waals surface area contributed by atoms with Crippen LogP contribution in [-0.4, -0.2) is 77.9 Å². The van der Waals surface area contributed by atoms with E-state index in [0.29, 0.717) is 53.7 Å². The minimum atomic E-state index is -4.84. The SMILES string of the molecule is CCOP(=O)(OCC)C(F)(F)c1ccc2sc(C(=O)N[C@H]3CNCC[C@H]4CC[C@@H](C(=O)N[C@@H](CCCC(N)=O)c5ncc(-c6ccccc6)s5)N4C3=O)cc2c1. The van der Waals surface area contributed by atoms with Gasteiger partial charge >= 0.3 is 13.3 Å². The standard InChI is InChI=1S/C38H45F2N6O7PS2/c1-3-52-54(51,53-4-2)38(39,40)25-13-16-30-24(19-25)20-31(55-30)35(49)45-28-21-42-18-17-26-14-15-29(46(26)37(28)50)34(48)44-27(11-8-12-33(41)47)36-43-22-32(56-36)23-9-6-5-7-10-23/h5-7,9-10,13,16,19-20,22,26-29,42H,3-4,8,11-12,14-15,17-18,21H2,1-2H3,(H2,41,47)(H,44,48)(H,45,49)/t26-,27+,28+,29+/m1/s1. The topological polar surface area (TPSA) is 182 Å². The van der Waals surface area contributed by atoms with Crippen molar-refractivity contribution in [3.8, 4) is 10.4 Å². The zero-order valence-corrected chi connectivity index (χ0v) is 33.5. The van der Waals surface area contributed by atoms with E-state index in [4.69, 9.17) is 14.8 Å². The van der Waals surface area contributed by atoms with Crippen molar-refractivity contribution in [2.45, 2.75) is 82.2 Å². The number of aromatic nitrogens is 1. The average Bonchev–Trinajstić information content (AvgIpc) is 3.94. The zero-order chi connectivity index (χ0) is 40.0. The van der Waals surface area contributed by atoms with Gasteiger partial charge in [0.15, 0.2) is 0 Å². The normalized spacial score (nSPS) is 19.6. The van der Waals surface area contributed by atoms with Crippen LogP contribution in [-0.2, 0) is 33.7 Å². The first kappa shape index (κ1) is 41.5. The summed E-state index contributed by atoms with van der Waals surface area (Å²) in [6.07, 6.45) is 4.38. The second kappa shape index (κ2) is 18.0. The number of benzene rings is 2. The van der Waals surface area contributed by atoms with Crippen LogP contribution < -0.4 is 21.7 Å². The predicted octanol–water partition coefficient (Wildman–Crippen LogP) is 6.30. The maximum Gasteiger partial charge on any atom is 0.404 e. The van der Waals surface area contributed by atoms with Gasteiger partial charge in [0.25, 0.3) is 5.91 Å². The molecule has 0 saturated carbocycles. The Hall–Kier alpha value is -4.12. The van der Waals surface area contributed by atoms with Gasteiger partial charge in [-0.15, -0.1) is 22.7 Å². The number of halogens is 2. The zero-order valence-electron chi connectivity index (χ0n) is 31.0. The number of thiophene rings is 1. The van der Waals surface area contributed by atoms with Crippen molar-refractivity contribution in [2.75, 3.05) is 26.3 Å². The van der Waals surface area contributed by atoms with E-state index in [9.17, 15) is 23.7 Å². The lowest BCUT2D eigenvalue weighted by molar-refractivity contribution is -0.142. The molecule has 18 heteroatoms. The number of hydrogen-bond donors (Lipinski definition) is 4.